The first-order valence-corrected chi connectivity index (χ1v) is 10.0. The van der Waals surface area contributed by atoms with Crippen LogP contribution in [-0.4, -0.2) is 44.3 Å². The zero-order valence-corrected chi connectivity index (χ0v) is 16.6. The van der Waals surface area contributed by atoms with E-state index in [0.29, 0.717) is 12.2 Å². The summed E-state index contributed by atoms with van der Waals surface area (Å²) in [6.45, 7) is 0.302. The number of hydrogen-bond donors (Lipinski definition) is 2. The molecule has 2 aromatic heterocycles. The Morgan fingerprint density at radius 3 is 2.63 bits per heavy atom. The van der Waals surface area contributed by atoms with Crippen molar-refractivity contribution in [3.8, 4) is 11.4 Å². The zero-order chi connectivity index (χ0) is 21.6. The fourth-order valence-electron chi connectivity index (χ4n) is 2.14. The van der Waals surface area contributed by atoms with Gasteiger partial charge in [-0.1, -0.05) is 17.8 Å². The summed E-state index contributed by atoms with van der Waals surface area (Å²) in [4.78, 5) is 24.6. The lowest BCUT2D eigenvalue weighted by Crippen LogP contribution is -2.39. The smallest absolute Gasteiger partial charge is 0.406 e. The molecular weight excluding hydrogens is 445 g/mol. The van der Waals surface area contributed by atoms with E-state index in [-0.39, 0.29) is 16.7 Å². The number of thioether (sulfide) groups is 1. The maximum absolute atomic E-state index is 12.2. The molecular formula is C16H13F3N6O3S2. The first-order valence-electron chi connectivity index (χ1n) is 8.17. The molecule has 0 aliphatic rings. The minimum atomic E-state index is -4.79. The molecule has 0 fully saturated rings. The maximum atomic E-state index is 12.2. The van der Waals surface area contributed by atoms with E-state index >= 15 is 0 Å². The van der Waals surface area contributed by atoms with Gasteiger partial charge in [0, 0.05) is 4.88 Å². The molecule has 14 heteroatoms. The highest BCUT2D eigenvalue weighted by molar-refractivity contribution is 7.99. The molecule has 3 rings (SSSR count). The van der Waals surface area contributed by atoms with E-state index < -0.39 is 18.3 Å². The van der Waals surface area contributed by atoms with E-state index in [1.807, 2.05) is 17.5 Å². The molecule has 0 aliphatic carbocycles. The molecule has 30 heavy (non-hydrogen) atoms. The van der Waals surface area contributed by atoms with Crippen LogP contribution in [0.4, 0.5) is 18.0 Å². The van der Waals surface area contributed by atoms with E-state index in [2.05, 4.69) is 30.9 Å². The summed E-state index contributed by atoms with van der Waals surface area (Å²) in [5.74, 6) is -1.10. The van der Waals surface area contributed by atoms with E-state index in [4.69, 9.17) is 0 Å². The molecule has 0 spiro atoms. The average Bonchev–Trinajstić information content (AvgIpc) is 3.36. The third-order valence-electron chi connectivity index (χ3n) is 3.34. The number of urea groups is 1. The Morgan fingerprint density at radius 2 is 1.97 bits per heavy atom. The average molecular weight is 458 g/mol. The molecule has 2 heterocycles. The van der Waals surface area contributed by atoms with E-state index in [9.17, 15) is 22.8 Å². The number of aromatic nitrogens is 4. The highest BCUT2D eigenvalue weighted by atomic mass is 32.2. The predicted molar refractivity (Wildman–Crippen MR) is 101 cm³/mol. The summed E-state index contributed by atoms with van der Waals surface area (Å²) in [7, 11) is 0. The number of imide groups is 1. The molecule has 0 radical (unpaired) electrons. The second-order valence-corrected chi connectivity index (χ2v) is 7.49. The van der Waals surface area contributed by atoms with E-state index in [1.54, 1.807) is 0 Å². The summed E-state index contributed by atoms with van der Waals surface area (Å²) < 4.78 is 41.8. The van der Waals surface area contributed by atoms with Gasteiger partial charge >= 0.3 is 12.4 Å². The van der Waals surface area contributed by atoms with Gasteiger partial charge in [-0.2, -0.15) is 4.68 Å². The van der Waals surface area contributed by atoms with Gasteiger partial charge < -0.3 is 10.1 Å². The lowest BCUT2D eigenvalue weighted by Gasteiger charge is -2.09. The van der Waals surface area contributed by atoms with Crippen LogP contribution in [0.1, 0.15) is 4.88 Å². The van der Waals surface area contributed by atoms with Crippen molar-refractivity contribution in [1.82, 2.24) is 30.8 Å². The number of rotatable bonds is 7. The number of alkyl halides is 3. The van der Waals surface area contributed by atoms with Crippen LogP contribution in [0.15, 0.2) is 46.9 Å². The predicted octanol–water partition coefficient (Wildman–Crippen LogP) is 2.74. The molecule has 3 amide bonds. The Labute approximate surface area is 175 Å². The molecule has 9 nitrogen and oxygen atoms in total. The Kier molecular flexibility index (Phi) is 6.89. The molecule has 0 saturated carbocycles. The highest BCUT2D eigenvalue weighted by Crippen LogP contribution is 2.24. The number of benzene rings is 1. The van der Waals surface area contributed by atoms with Gasteiger partial charge in [0.2, 0.25) is 11.1 Å². The number of thiophene rings is 1. The number of carbonyl (C=O) groups is 2. The van der Waals surface area contributed by atoms with Crippen molar-refractivity contribution in [1.29, 1.82) is 0 Å². The van der Waals surface area contributed by atoms with E-state index in [0.717, 1.165) is 28.8 Å². The van der Waals surface area contributed by atoms with Crippen molar-refractivity contribution in [2.24, 2.45) is 0 Å². The van der Waals surface area contributed by atoms with Crippen molar-refractivity contribution in [3.63, 3.8) is 0 Å². The van der Waals surface area contributed by atoms with E-state index in [1.165, 1.54) is 28.2 Å². The third-order valence-corrected chi connectivity index (χ3v) is 5.14. The van der Waals surface area contributed by atoms with Crippen LogP contribution in [0.2, 0.25) is 0 Å². The Morgan fingerprint density at radius 1 is 1.20 bits per heavy atom. The molecule has 3 aromatic rings. The van der Waals surface area contributed by atoms with Crippen LogP contribution in [0, 0.1) is 0 Å². The lowest BCUT2D eigenvalue weighted by molar-refractivity contribution is -0.274. The number of nitrogens with zero attached hydrogens (tertiary/aromatic N) is 4. The summed E-state index contributed by atoms with van der Waals surface area (Å²) in [5, 5.41) is 17.9. The SMILES string of the molecule is O=C(CSc1nnnn1-c1ccc(OC(F)(F)F)cc1)NC(=O)NCc1cccs1. The summed E-state index contributed by atoms with van der Waals surface area (Å²) in [6, 6.07) is 7.97. The second kappa shape index (κ2) is 9.58. The Balaban J connectivity index is 1.51. The quantitative estimate of drug-likeness (QED) is 0.524. The number of nitrogens with one attached hydrogen (secondary N) is 2. The first kappa shape index (κ1) is 21.6. The van der Waals surface area contributed by atoms with Crippen LogP contribution < -0.4 is 15.4 Å². The highest BCUT2D eigenvalue weighted by Gasteiger charge is 2.31. The largest absolute Gasteiger partial charge is 0.573 e. The van der Waals surface area contributed by atoms with Crippen LogP contribution >= 0.6 is 23.1 Å². The third kappa shape index (κ3) is 6.45. The normalized spacial score (nSPS) is 11.2. The Bertz CT molecular complexity index is 993. The standard InChI is InChI=1S/C16H13F3N6O3S2/c17-16(18,19)28-11-5-3-10(4-6-11)25-15(22-23-24-25)30-9-13(26)21-14(27)20-8-12-2-1-7-29-12/h1-7H,8-9H2,(H2,20,21,26,27). The zero-order valence-electron chi connectivity index (χ0n) is 14.9. The molecule has 158 valence electrons. The molecule has 0 saturated heterocycles. The molecule has 0 aliphatic heterocycles. The fourth-order valence-corrected chi connectivity index (χ4v) is 3.47. The van der Waals surface area contributed by atoms with Gasteiger partial charge in [0.05, 0.1) is 18.0 Å². The van der Waals surface area contributed by atoms with Gasteiger partial charge in [0.25, 0.3) is 0 Å². The summed E-state index contributed by atoms with van der Waals surface area (Å²) >= 11 is 2.43. The van der Waals surface area contributed by atoms with Crippen LogP contribution in [0.3, 0.4) is 0 Å². The fraction of sp³-hybridized carbons (Fsp3) is 0.188. The monoisotopic (exact) mass is 458 g/mol. The number of tetrazole rings is 1. The van der Waals surface area contributed by atoms with Gasteiger partial charge in [-0.25, -0.2) is 4.79 Å². The van der Waals surface area contributed by atoms with Gasteiger partial charge in [-0.3, -0.25) is 10.1 Å². The summed E-state index contributed by atoms with van der Waals surface area (Å²) in [5.41, 5.74) is 0.367. The van der Waals surface area contributed by atoms with Crippen molar-refractivity contribution >= 4 is 35.0 Å². The van der Waals surface area contributed by atoms with Crippen molar-refractivity contribution in [2.45, 2.75) is 18.1 Å². The topological polar surface area (TPSA) is 111 Å². The molecule has 2 N–H and O–H groups in total. The van der Waals surface area contributed by atoms with Gasteiger partial charge in [-0.15, -0.1) is 29.6 Å². The van der Waals surface area contributed by atoms with Crippen molar-refractivity contribution in [2.75, 3.05) is 5.75 Å². The number of amides is 3. The molecule has 0 unspecified atom stereocenters. The molecule has 0 bridgehead atoms. The maximum Gasteiger partial charge on any atom is 0.573 e. The van der Waals surface area contributed by atoms with Crippen LogP contribution in [-0.2, 0) is 11.3 Å². The number of ether oxygens (including phenoxy) is 1. The minimum absolute atomic E-state index is 0.151. The van der Waals surface area contributed by atoms with Gasteiger partial charge in [0.1, 0.15) is 5.75 Å². The number of carbonyl (C=O) groups excluding carboxylic acids is 2. The van der Waals surface area contributed by atoms with Crippen LogP contribution in [0.25, 0.3) is 5.69 Å². The van der Waals surface area contributed by atoms with Gasteiger partial charge in [0.15, 0.2) is 0 Å². The van der Waals surface area contributed by atoms with Gasteiger partial charge in [-0.05, 0) is 46.1 Å². The first-order chi connectivity index (χ1) is 14.3. The summed E-state index contributed by atoms with van der Waals surface area (Å²) in [6.07, 6.45) is -4.79. The number of halogens is 3. The lowest BCUT2D eigenvalue weighted by atomic mass is 10.3. The molecule has 1 aromatic carbocycles. The molecule has 0 atom stereocenters. The number of hydrogen-bond acceptors (Lipinski definition) is 8. The van der Waals surface area contributed by atoms with Crippen LogP contribution in [0.5, 0.6) is 5.75 Å². The Hall–Kier alpha value is -3.13. The minimum Gasteiger partial charge on any atom is -0.406 e. The van der Waals surface area contributed by atoms with Crippen molar-refractivity contribution in [3.05, 3.63) is 46.7 Å². The van der Waals surface area contributed by atoms with Crippen molar-refractivity contribution < 1.29 is 27.5 Å². The second-order valence-electron chi connectivity index (χ2n) is 5.51.